The van der Waals surface area contributed by atoms with Gasteiger partial charge in [-0.05, 0) is 13.0 Å². The summed E-state index contributed by atoms with van der Waals surface area (Å²) >= 11 is 7.35. The Labute approximate surface area is 127 Å². The average Bonchev–Trinajstić information content (AvgIpc) is 2.72. The molecule has 0 aliphatic carbocycles. The van der Waals surface area contributed by atoms with Crippen LogP contribution in [0.5, 0.6) is 0 Å². The maximum Gasteiger partial charge on any atom is 0.417 e. The number of benzene rings is 1. The van der Waals surface area contributed by atoms with Gasteiger partial charge in [0.15, 0.2) is 0 Å². The number of carbonyl (C=O) groups is 1. The fourth-order valence-corrected chi connectivity index (χ4v) is 3.17. The number of fused-ring (bicyclic) bond motifs is 1. The summed E-state index contributed by atoms with van der Waals surface area (Å²) in [5.74, 6) is -1.98. The van der Waals surface area contributed by atoms with Crippen molar-refractivity contribution in [3.05, 3.63) is 34.2 Å². The number of carboxylic acid groups (broad SMARTS) is 1. The second kappa shape index (κ2) is 5.47. The van der Waals surface area contributed by atoms with Crippen LogP contribution in [0.4, 0.5) is 13.2 Å². The van der Waals surface area contributed by atoms with Crippen molar-refractivity contribution < 1.29 is 23.1 Å². The Balaban J connectivity index is 2.28. The van der Waals surface area contributed by atoms with Gasteiger partial charge in [-0.15, -0.1) is 11.3 Å². The van der Waals surface area contributed by atoms with Crippen LogP contribution in [0, 0.1) is 0 Å². The first-order chi connectivity index (χ1) is 9.67. The Morgan fingerprint density at radius 2 is 2.00 bits per heavy atom. The number of hydrogen-bond donors (Lipinski definition) is 2. The highest BCUT2D eigenvalue weighted by atomic mass is 35.5. The fraction of sp³-hybridized carbons (Fsp3) is 0.308. The molecule has 1 aromatic heterocycles. The van der Waals surface area contributed by atoms with Crippen LogP contribution in [-0.4, -0.2) is 22.8 Å². The predicted octanol–water partition coefficient (Wildman–Crippen LogP) is 4.05. The van der Waals surface area contributed by atoms with Crippen molar-refractivity contribution in [3.8, 4) is 0 Å². The smallest absolute Gasteiger partial charge is 0.417 e. The summed E-state index contributed by atoms with van der Waals surface area (Å²) in [5.41, 5.74) is -3.02. The van der Waals surface area contributed by atoms with Gasteiger partial charge < -0.3 is 5.11 Å². The lowest BCUT2D eigenvalue weighted by atomic mass is 10.0. The number of thiophene rings is 1. The molecule has 0 radical (unpaired) electrons. The molecule has 1 atom stereocenters. The second-order valence-corrected chi connectivity index (χ2v) is 6.13. The van der Waals surface area contributed by atoms with E-state index in [-0.39, 0.29) is 6.54 Å². The number of alkyl halides is 3. The van der Waals surface area contributed by atoms with E-state index in [2.05, 4.69) is 5.32 Å². The first-order valence-electron chi connectivity index (χ1n) is 5.88. The minimum atomic E-state index is -4.91. The highest BCUT2D eigenvalue weighted by Crippen LogP contribution is 2.36. The Morgan fingerprint density at radius 1 is 1.38 bits per heavy atom. The molecule has 0 spiro atoms. The number of carboxylic acids is 1. The van der Waals surface area contributed by atoms with Crippen LogP contribution in [0.2, 0.25) is 5.02 Å². The quantitative estimate of drug-likeness (QED) is 0.885. The molecule has 2 N–H and O–H groups in total. The molecule has 21 heavy (non-hydrogen) atoms. The molecule has 0 aliphatic heterocycles. The van der Waals surface area contributed by atoms with Gasteiger partial charge >= 0.3 is 12.1 Å². The van der Waals surface area contributed by atoms with E-state index < -0.39 is 17.7 Å². The van der Waals surface area contributed by atoms with E-state index in [1.165, 1.54) is 11.3 Å². The Bertz CT molecular complexity index is 686. The lowest BCUT2D eigenvalue weighted by Gasteiger charge is -2.28. The van der Waals surface area contributed by atoms with Gasteiger partial charge in [0, 0.05) is 21.5 Å². The number of halogens is 4. The SMILES string of the molecule is CC(NCc1sc2ccccc2c1Cl)(C(=O)O)C(F)(F)F. The van der Waals surface area contributed by atoms with Crippen molar-refractivity contribution in [1.29, 1.82) is 0 Å². The van der Waals surface area contributed by atoms with Gasteiger partial charge in [0.1, 0.15) is 0 Å². The molecule has 0 saturated carbocycles. The average molecular weight is 338 g/mol. The normalized spacial score (nSPS) is 15.1. The Hall–Kier alpha value is -1.31. The zero-order valence-electron chi connectivity index (χ0n) is 10.8. The molecule has 0 fully saturated rings. The van der Waals surface area contributed by atoms with Crippen LogP contribution in [0.1, 0.15) is 11.8 Å². The van der Waals surface area contributed by atoms with Gasteiger partial charge in [0.25, 0.3) is 0 Å². The van der Waals surface area contributed by atoms with E-state index in [1.54, 1.807) is 24.3 Å². The van der Waals surface area contributed by atoms with Crippen LogP contribution in [-0.2, 0) is 11.3 Å². The molecule has 1 heterocycles. The molecule has 2 aromatic rings. The maximum absolute atomic E-state index is 12.9. The first kappa shape index (κ1) is 16.1. The van der Waals surface area contributed by atoms with Crippen LogP contribution in [0.15, 0.2) is 24.3 Å². The van der Waals surface area contributed by atoms with Crippen LogP contribution in [0.25, 0.3) is 10.1 Å². The second-order valence-electron chi connectivity index (χ2n) is 4.62. The lowest BCUT2D eigenvalue weighted by Crippen LogP contribution is -2.59. The standard InChI is InChI=1S/C13H11ClF3NO2S/c1-12(11(19)20,13(15,16)17)18-6-9-10(14)7-4-2-3-5-8(7)21-9/h2-5,18H,6H2,1H3,(H,19,20). The maximum atomic E-state index is 12.9. The molecule has 0 amide bonds. The van der Waals surface area contributed by atoms with Gasteiger partial charge in [0.2, 0.25) is 5.54 Å². The molecule has 1 unspecified atom stereocenters. The van der Waals surface area contributed by atoms with Crippen molar-refractivity contribution in [2.24, 2.45) is 0 Å². The van der Waals surface area contributed by atoms with Crippen molar-refractivity contribution in [3.63, 3.8) is 0 Å². The summed E-state index contributed by atoms with van der Waals surface area (Å²) in [6.07, 6.45) is -4.91. The lowest BCUT2D eigenvalue weighted by molar-refractivity contribution is -0.206. The largest absolute Gasteiger partial charge is 0.480 e. The van der Waals surface area contributed by atoms with E-state index in [0.29, 0.717) is 16.8 Å². The zero-order valence-corrected chi connectivity index (χ0v) is 12.4. The predicted molar refractivity (Wildman–Crippen MR) is 75.8 cm³/mol. The van der Waals surface area contributed by atoms with E-state index >= 15 is 0 Å². The molecule has 0 bridgehead atoms. The summed E-state index contributed by atoms with van der Waals surface area (Å²) < 4.78 is 39.5. The van der Waals surface area contributed by atoms with Crippen LogP contribution >= 0.6 is 22.9 Å². The summed E-state index contributed by atoms with van der Waals surface area (Å²) in [6, 6.07) is 7.13. The Morgan fingerprint density at radius 3 is 2.52 bits per heavy atom. The van der Waals surface area contributed by atoms with Crippen molar-refractivity contribution in [1.82, 2.24) is 5.32 Å². The zero-order chi connectivity index (χ0) is 15.8. The van der Waals surface area contributed by atoms with E-state index in [1.807, 2.05) is 0 Å². The summed E-state index contributed by atoms with van der Waals surface area (Å²) in [4.78, 5) is 11.4. The molecule has 3 nitrogen and oxygen atoms in total. The van der Waals surface area contributed by atoms with Gasteiger partial charge in [-0.3, -0.25) is 5.32 Å². The molecule has 1 aromatic carbocycles. The fourth-order valence-electron chi connectivity index (χ4n) is 1.73. The van der Waals surface area contributed by atoms with Gasteiger partial charge in [-0.25, -0.2) is 4.79 Å². The van der Waals surface area contributed by atoms with E-state index in [0.717, 1.165) is 10.1 Å². The molecule has 0 saturated heterocycles. The highest BCUT2D eigenvalue weighted by molar-refractivity contribution is 7.19. The van der Waals surface area contributed by atoms with Crippen LogP contribution in [0.3, 0.4) is 0 Å². The summed E-state index contributed by atoms with van der Waals surface area (Å²) in [6.45, 7) is 0.317. The van der Waals surface area contributed by atoms with Crippen molar-refractivity contribution in [2.75, 3.05) is 0 Å². The number of aliphatic carboxylic acids is 1. The Kier molecular flexibility index (Phi) is 4.19. The summed E-state index contributed by atoms with van der Waals surface area (Å²) in [7, 11) is 0. The van der Waals surface area contributed by atoms with Crippen LogP contribution < -0.4 is 5.32 Å². The van der Waals surface area contributed by atoms with Crippen molar-refractivity contribution in [2.45, 2.75) is 25.2 Å². The topological polar surface area (TPSA) is 49.3 Å². The molecular formula is C13H11ClF3NO2S. The van der Waals surface area contributed by atoms with E-state index in [4.69, 9.17) is 16.7 Å². The molecule has 114 valence electrons. The molecule has 8 heteroatoms. The highest BCUT2D eigenvalue weighted by Gasteiger charge is 2.57. The van der Waals surface area contributed by atoms with Gasteiger partial charge in [-0.1, -0.05) is 29.8 Å². The monoisotopic (exact) mass is 337 g/mol. The minimum absolute atomic E-state index is 0.277. The molecule has 2 rings (SSSR count). The third-order valence-corrected chi connectivity index (χ3v) is 4.91. The minimum Gasteiger partial charge on any atom is -0.480 e. The molecule has 0 aliphatic rings. The number of nitrogens with one attached hydrogen (secondary N) is 1. The third-order valence-electron chi connectivity index (χ3n) is 3.20. The summed E-state index contributed by atoms with van der Waals surface area (Å²) in [5, 5.41) is 12.0. The van der Waals surface area contributed by atoms with Gasteiger partial charge in [0.05, 0.1) is 5.02 Å². The number of hydrogen-bond acceptors (Lipinski definition) is 3. The van der Waals surface area contributed by atoms with Crippen molar-refractivity contribution >= 4 is 39.0 Å². The van der Waals surface area contributed by atoms with Gasteiger partial charge in [-0.2, -0.15) is 13.2 Å². The van der Waals surface area contributed by atoms with E-state index in [9.17, 15) is 18.0 Å². The first-order valence-corrected chi connectivity index (χ1v) is 7.07. The third kappa shape index (κ3) is 2.86. The molecular weight excluding hydrogens is 327 g/mol. The number of rotatable bonds is 4.